The van der Waals surface area contributed by atoms with Gasteiger partial charge in [0, 0.05) is 36.5 Å². The summed E-state index contributed by atoms with van der Waals surface area (Å²) in [7, 11) is -1.31. The second kappa shape index (κ2) is 11.0. The van der Waals surface area contributed by atoms with E-state index in [2.05, 4.69) is 33.2 Å². The number of aromatic nitrogens is 3. The number of rotatable bonds is 6. The van der Waals surface area contributed by atoms with Crippen LogP contribution in [-0.2, 0) is 21.1 Å². The number of hydrogen-bond donors (Lipinski definition) is 1. The van der Waals surface area contributed by atoms with Crippen LogP contribution in [0.15, 0.2) is 59.6 Å². The second-order valence-corrected chi connectivity index (χ2v) is 13.3. The maximum Gasteiger partial charge on any atom is 0.251 e. The lowest BCUT2D eigenvalue weighted by atomic mass is 10.0. The van der Waals surface area contributed by atoms with Gasteiger partial charge in [-0.25, -0.2) is 18.4 Å². The van der Waals surface area contributed by atoms with Gasteiger partial charge in [0.1, 0.15) is 5.82 Å². The zero-order chi connectivity index (χ0) is 29.6. The highest BCUT2D eigenvalue weighted by atomic mass is 32.2. The van der Waals surface area contributed by atoms with Gasteiger partial charge in [0.05, 0.1) is 59.3 Å². The molecule has 1 N–H and O–H groups in total. The van der Waals surface area contributed by atoms with Crippen LogP contribution in [0, 0.1) is 13.8 Å². The van der Waals surface area contributed by atoms with Gasteiger partial charge in [0.15, 0.2) is 9.84 Å². The number of aryl methyl sites for hydroxylation is 1. The molecule has 2 unspecified atom stereocenters. The fraction of sp³-hybridized carbons (Fsp3) is 0.355. The fourth-order valence-electron chi connectivity index (χ4n) is 5.87. The smallest absolute Gasteiger partial charge is 0.251 e. The molecule has 6 rings (SSSR count). The molecule has 0 aliphatic carbocycles. The largest absolute Gasteiger partial charge is 0.377 e. The maximum absolute atomic E-state index is 12.9. The quantitative estimate of drug-likeness (QED) is 0.364. The number of ether oxygens (including phenoxy) is 1. The van der Waals surface area contributed by atoms with Crippen molar-refractivity contribution in [3.05, 3.63) is 77.1 Å². The normalized spacial score (nSPS) is 19.2. The molecule has 2 fully saturated rings. The lowest BCUT2D eigenvalue weighted by Gasteiger charge is -2.49. The molecule has 3 aromatic heterocycles. The topological polar surface area (TPSA) is 118 Å². The lowest BCUT2D eigenvalue weighted by molar-refractivity contribution is 0.0224. The Hall–Kier alpha value is -3.93. The minimum absolute atomic E-state index is 0.162. The molecule has 42 heavy (non-hydrogen) atoms. The molecule has 218 valence electrons. The van der Waals surface area contributed by atoms with Crippen molar-refractivity contribution in [2.75, 3.05) is 44.5 Å². The van der Waals surface area contributed by atoms with Crippen molar-refractivity contribution in [1.29, 1.82) is 0 Å². The molecule has 0 saturated carbocycles. The van der Waals surface area contributed by atoms with Crippen LogP contribution in [0.5, 0.6) is 0 Å². The maximum atomic E-state index is 12.9. The van der Waals surface area contributed by atoms with E-state index in [4.69, 9.17) is 14.7 Å². The van der Waals surface area contributed by atoms with Gasteiger partial charge in [-0.2, -0.15) is 0 Å². The number of benzene rings is 1. The molecule has 4 aromatic rings. The van der Waals surface area contributed by atoms with Crippen molar-refractivity contribution in [3.63, 3.8) is 0 Å². The first kappa shape index (κ1) is 28.2. The minimum atomic E-state index is -3.46. The number of nitrogens with one attached hydrogen (secondary N) is 1. The molecular formula is C31H34N6O4S. The van der Waals surface area contributed by atoms with Gasteiger partial charge < -0.3 is 19.9 Å². The van der Waals surface area contributed by atoms with Crippen LogP contribution in [0.4, 0.5) is 5.82 Å². The zero-order valence-corrected chi connectivity index (χ0v) is 25.0. The monoisotopic (exact) mass is 586 g/mol. The van der Waals surface area contributed by atoms with Gasteiger partial charge in [-0.3, -0.25) is 9.78 Å². The number of morpholine rings is 1. The minimum Gasteiger partial charge on any atom is -0.377 e. The highest BCUT2D eigenvalue weighted by molar-refractivity contribution is 7.90. The van der Waals surface area contributed by atoms with E-state index < -0.39 is 9.84 Å². The summed E-state index contributed by atoms with van der Waals surface area (Å²) in [4.78, 5) is 32.2. The molecule has 2 saturated heterocycles. The Balaban J connectivity index is 1.22. The van der Waals surface area contributed by atoms with Gasteiger partial charge in [-0.1, -0.05) is 6.07 Å². The summed E-state index contributed by atoms with van der Waals surface area (Å²) in [5.41, 5.74) is 4.61. The molecule has 2 bridgehead atoms. The Morgan fingerprint density at radius 1 is 1.02 bits per heavy atom. The van der Waals surface area contributed by atoms with E-state index in [0.29, 0.717) is 30.0 Å². The number of amides is 1. The van der Waals surface area contributed by atoms with Gasteiger partial charge >= 0.3 is 0 Å². The van der Waals surface area contributed by atoms with E-state index >= 15 is 0 Å². The summed E-state index contributed by atoms with van der Waals surface area (Å²) >= 11 is 0. The Morgan fingerprint density at radius 2 is 1.76 bits per heavy atom. The first-order valence-corrected chi connectivity index (χ1v) is 15.8. The van der Waals surface area contributed by atoms with Crippen LogP contribution >= 0.6 is 0 Å². The second-order valence-electron chi connectivity index (χ2n) is 11.3. The van der Waals surface area contributed by atoms with Gasteiger partial charge in [0.2, 0.25) is 0 Å². The molecule has 0 radical (unpaired) electrons. The van der Waals surface area contributed by atoms with Crippen LogP contribution in [-0.4, -0.2) is 85.9 Å². The van der Waals surface area contributed by atoms with Crippen LogP contribution in [0.25, 0.3) is 22.3 Å². The standard InChI is InChI=1S/C31H34N6O4S/c1-19-10-22(11-29(20(19)2)42(4,39)40)31(38)33-14-23-12-28-21(13-32-23)8-9-27(34-28)26-6-5-7-30(35-26)37-24-15-36(3)16-25(37)18-41-17-24/h5-13,24-25H,14-18H2,1-4H3,(H,33,38). The number of sulfone groups is 1. The number of carbonyl (C=O) groups excluding carboxylic acids is 1. The predicted octanol–water partition coefficient (Wildman–Crippen LogP) is 3.16. The fourth-order valence-corrected chi connectivity index (χ4v) is 6.93. The molecule has 1 aromatic carbocycles. The number of piperazine rings is 1. The van der Waals surface area contributed by atoms with Crippen molar-refractivity contribution in [1.82, 2.24) is 25.2 Å². The molecule has 1 amide bonds. The third-order valence-corrected chi connectivity index (χ3v) is 9.28. The highest BCUT2D eigenvalue weighted by Gasteiger charge is 2.37. The molecule has 2 aliphatic rings. The average molecular weight is 587 g/mol. The van der Waals surface area contributed by atoms with Crippen LogP contribution in [0.1, 0.15) is 27.2 Å². The van der Waals surface area contributed by atoms with Crippen LogP contribution in [0.2, 0.25) is 0 Å². The summed E-state index contributed by atoms with van der Waals surface area (Å²) in [6.45, 7) is 6.96. The lowest BCUT2D eigenvalue weighted by Crippen LogP contribution is -2.64. The van der Waals surface area contributed by atoms with E-state index in [9.17, 15) is 13.2 Å². The van der Waals surface area contributed by atoms with E-state index in [1.807, 2.05) is 30.3 Å². The molecule has 10 nitrogen and oxygen atoms in total. The van der Waals surface area contributed by atoms with Gasteiger partial charge in [-0.05, 0) is 74.5 Å². The molecule has 5 heterocycles. The summed E-state index contributed by atoms with van der Waals surface area (Å²) < 4.78 is 30.3. The Labute approximate surface area is 245 Å². The first-order valence-electron chi connectivity index (χ1n) is 13.9. The number of fused-ring (bicyclic) bond motifs is 3. The number of anilines is 1. The SMILES string of the molecule is Cc1cc(C(=O)NCc2cc3nc(-c4cccc(N5C6COCC5CN(C)C6)n4)ccc3cn2)cc(S(C)(=O)=O)c1C. The molecule has 2 aliphatic heterocycles. The Morgan fingerprint density at radius 3 is 2.50 bits per heavy atom. The number of nitrogens with zero attached hydrogens (tertiary/aromatic N) is 5. The Kier molecular flexibility index (Phi) is 7.42. The highest BCUT2D eigenvalue weighted by Crippen LogP contribution is 2.29. The van der Waals surface area contributed by atoms with Gasteiger partial charge in [-0.15, -0.1) is 0 Å². The van der Waals surface area contributed by atoms with Crippen LogP contribution < -0.4 is 10.2 Å². The van der Waals surface area contributed by atoms with Crippen molar-refractivity contribution >= 4 is 32.5 Å². The van der Waals surface area contributed by atoms with Crippen molar-refractivity contribution in [2.45, 2.75) is 37.4 Å². The summed E-state index contributed by atoms with van der Waals surface area (Å²) in [6, 6.07) is 15.5. The molecule has 2 atom stereocenters. The van der Waals surface area contributed by atoms with Crippen molar-refractivity contribution in [3.8, 4) is 11.4 Å². The van der Waals surface area contributed by atoms with Crippen LogP contribution in [0.3, 0.4) is 0 Å². The van der Waals surface area contributed by atoms with E-state index in [1.54, 1.807) is 26.1 Å². The number of hydrogen-bond acceptors (Lipinski definition) is 9. The third kappa shape index (κ3) is 5.59. The summed E-state index contributed by atoms with van der Waals surface area (Å²) in [5, 5.41) is 3.74. The average Bonchev–Trinajstić information content (AvgIpc) is 2.95. The van der Waals surface area contributed by atoms with Crippen molar-refractivity contribution in [2.24, 2.45) is 0 Å². The third-order valence-electron chi connectivity index (χ3n) is 8.06. The summed E-state index contributed by atoms with van der Waals surface area (Å²) in [6.07, 6.45) is 2.88. The van der Waals surface area contributed by atoms with E-state index in [-0.39, 0.29) is 29.4 Å². The van der Waals surface area contributed by atoms with E-state index in [1.165, 1.54) is 6.07 Å². The predicted molar refractivity (Wildman–Crippen MR) is 161 cm³/mol. The number of pyridine rings is 3. The molecule has 11 heteroatoms. The number of carbonyl (C=O) groups is 1. The number of likely N-dealkylation sites (N-methyl/N-ethyl adjacent to an activating group) is 1. The molecular weight excluding hydrogens is 552 g/mol. The zero-order valence-electron chi connectivity index (χ0n) is 24.2. The van der Waals surface area contributed by atoms with E-state index in [0.717, 1.165) is 53.0 Å². The van der Waals surface area contributed by atoms with Gasteiger partial charge in [0.25, 0.3) is 5.91 Å². The van der Waals surface area contributed by atoms with Crippen molar-refractivity contribution < 1.29 is 17.9 Å². The molecule has 0 spiro atoms. The first-order chi connectivity index (χ1) is 20.1. The summed E-state index contributed by atoms with van der Waals surface area (Å²) in [5.74, 6) is 0.566. The Bertz CT molecular complexity index is 1780.